The predicted octanol–water partition coefficient (Wildman–Crippen LogP) is 2.22. The molecule has 0 radical (unpaired) electrons. The van der Waals surface area contributed by atoms with Gasteiger partial charge in [-0.05, 0) is 43.2 Å². The van der Waals surface area contributed by atoms with Crippen molar-refractivity contribution in [2.45, 2.75) is 13.8 Å². The number of anilines is 1. The topological polar surface area (TPSA) is 84.8 Å². The van der Waals surface area contributed by atoms with E-state index < -0.39 is 0 Å². The van der Waals surface area contributed by atoms with Crippen LogP contribution in [0.25, 0.3) is 11.3 Å². The zero-order chi connectivity index (χ0) is 14.0. The molecule has 5 heteroatoms. The average molecular weight is 254 g/mol. The van der Waals surface area contributed by atoms with E-state index in [1.165, 1.54) is 0 Å². The second-order valence-electron chi connectivity index (χ2n) is 4.21. The van der Waals surface area contributed by atoms with Crippen molar-refractivity contribution >= 4 is 5.82 Å². The van der Waals surface area contributed by atoms with E-state index in [9.17, 15) is 0 Å². The summed E-state index contributed by atoms with van der Waals surface area (Å²) in [6.45, 7) is 3.82. The second kappa shape index (κ2) is 4.94. The summed E-state index contributed by atoms with van der Waals surface area (Å²) < 4.78 is 5.32. The lowest BCUT2D eigenvalue weighted by molar-refractivity contribution is 0.416. The van der Waals surface area contributed by atoms with Gasteiger partial charge in [0.25, 0.3) is 0 Å². The van der Waals surface area contributed by atoms with Gasteiger partial charge < -0.3 is 10.5 Å². The first kappa shape index (κ1) is 12.8. The van der Waals surface area contributed by atoms with Crippen LogP contribution in [0.2, 0.25) is 0 Å². The van der Waals surface area contributed by atoms with Crippen molar-refractivity contribution in [1.29, 1.82) is 5.26 Å². The first-order valence-corrected chi connectivity index (χ1v) is 5.76. The lowest BCUT2D eigenvalue weighted by atomic mass is 10.0. The molecule has 96 valence electrons. The van der Waals surface area contributed by atoms with Crippen molar-refractivity contribution in [1.82, 2.24) is 10.2 Å². The molecule has 0 saturated heterocycles. The summed E-state index contributed by atoms with van der Waals surface area (Å²) >= 11 is 0. The zero-order valence-electron chi connectivity index (χ0n) is 11.1. The van der Waals surface area contributed by atoms with E-state index in [0.29, 0.717) is 22.8 Å². The third-order valence-electron chi connectivity index (χ3n) is 3.14. The van der Waals surface area contributed by atoms with Crippen LogP contribution in [0.15, 0.2) is 18.2 Å². The van der Waals surface area contributed by atoms with Gasteiger partial charge >= 0.3 is 0 Å². The third-order valence-corrected chi connectivity index (χ3v) is 3.14. The molecule has 2 aromatic rings. The molecule has 0 saturated carbocycles. The summed E-state index contributed by atoms with van der Waals surface area (Å²) in [6.07, 6.45) is 0. The second-order valence-corrected chi connectivity index (χ2v) is 4.21. The number of aromatic nitrogens is 2. The number of nitrogens with zero attached hydrogens (tertiary/aromatic N) is 3. The summed E-state index contributed by atoms with van der Waals surface area (Å²) in [7, 11) is 1.58. The van der Waals surface area contributed by atoms with Crippen LogP contribution in [0.5, 0.6) is 5.75 Å². The van der Waals surface area contributed by atoms with Crippen molar-refractivity contribution in [3.05, 3.63) is 34.9 Å². The Hall–Kier alpha value is -2.61. The molecule has 0 unspecified atom stereocenters. The summed E-state index contributed by atoms with van der Waals surface area (Å²) in [5.41, 5.74) is 9.53. The van der Waals surface area contributed by atoms with Crippen LogP contribution in [-0.2, 0) is 0 Å². The first-order valence-electron chi connectivity index (χ1n) is 5.76. The molecule has 1 aromatic heterocycles. The standard InChI is InChI=1S/C14H14N4O/c1-8-9(2)14(16)18-17-13(8)11-6-10(7-15)4-5-12(11)19-3/h4-6H,1-3H3,(H2,16,18). The van der Waals surface area contributed by atoms with Gasteiger partial charge in [0.2, 0.25) is 0 Å². The Labute approximate surface area is 111 Å². The highest BCUT2D eigenvalue weighted by atomic mass is 16.5. The number of hydrogen-bond acceptors (Lipinski definition) is 5. The number of nitrogens with two attached hydrogens (primary N) is 1. The third kappa shape index (κ3) is 2.20. The largest absolute Gasteiger partial charge is 0.496 e. The smallest absolute Gasteiger partial charge is 0.149 e. The van der Waals surface area contributed by atoms with Gasteiger partial charge in [-0.1, -0.05) is 0 Å². The van der Waals surface area contributed by atoms with Crippen LogP contribution in [0, 0.1) is 25.2 Å². The van der Waals surface area contributed by atoms with E-state index in [1.807, 2.05) is 13.8 Å². The van der Waals surface area contributed by atoms with Gasteiger partial charge in [-0.15, -0.1) is 10.2 Å². The Morgan fingerprint density at radius 1 is 1.21 bits per heavy atom. The minimum absolute atomic E-state index is 0.414. The molecule has 0 aliphatic heterocycles. The fourth-order valence-electron chi connectivity index (χ4n) is 1.84. The van der Waals surface area contributed by atoms with Crippen molar-refractivity contribution in [3.63, 3.8) is 0 Å². The maximum Gasteiger partial charge on any atom is 0.149 e. The number of benzene rings is 1. The highest BCUT2D eigenvalue weighted by Gasteiger charge is 2.14. The molecule has 2 N–H and O–H groups in total. The number of methoxy groups -OCH3 is 1. The van der Waals surface area contributed by atoms with Gasteiger partial charge in [-0.2, -0.15) is 5.26 Å². The van der Waals surface area contributed by atoms with E-state index in [0.717, 1.165) is 16.7 Å². The summed E-state index contributed by atoms with van der Waals surface area (Å²) in [5, 5.41) is 17.1. The molecule has 0 aliphatic carbocycles. The minimum atomic E-state index is 0.414. The summed E-state index contributed by atoms with van der Waals surface area (Å²) in [6, 6.07) is 7.30. The predicted molar refractivity (Wildman–Crippen MR) is 72.6 cm³/mol. The van der Waals surface area contributed by atoms with Crippen molar-refractivity contribution in [2.24, 2.45) is 0 Å². The van der Waals surface area contributed by atoms with Gasteiger partial charge in [0, 0.05) is 5.56 Å². The van der Waals surface area contributed by atoms with Crippen LogP contribution in [0.1, 0.15) is 16.7 Å². The van der Waals surface area contributed by atoms with Crippen LogP contribution in [0.3, 0.4) is 0 Å². The quantitative estimate of drug-likeness (QED) is 0.888. The Balaban J connectivity index is 2.71. The zero-order valence-corrected chi connectivity index (χ0v) is 11.1. The molecular weight excluding hydrogens is 240 g/mol. The fraction of sp³-hybridized carbons (Fsp3) is 0.214. The molecule has 0 bridgehead atoms. The molecule has 19 heavy (non-hydrogen) atoms. The van der Waals surface area contributed by atoms with Crippen molar-refractivity contribution < 1.29 is 4.74 Å². The van der Waals surface area contributed by atoms with E-state index >= 15 is 0 Å². The highest BCUT2D eigenvalue weighted by Crippen LogP contribution is 2.32. The normalized spacial score (nSPS) is 10.0. The SMILES string of the molecule is COc1ccc(C#N)cc1-c1nnc(N)c(C)c1C. The molecule has 1 aromatic carbocycles. The highest BCUT2D eigenvalue weighted by molar-refractivity contribution is 5.73. The van der Waals surface area contributed by atoms with Gasteiger partial charge in [0.05, 0.1) is 18.7 Å². The molecule has 5 nitrogen and oxygen atoms in total. The monoisotopic (exact) mass is 254 g/mol. The molecule has 0 fully saturated rings. The van der Waals surface area contributed by atoms with Gasteiger partial charge in [0.15, 0.2) is 0 Å². The maximum absolute atomic E-state index is 8.99. The van der Waals surface area contributed by atoms with Crippen LogP contribution in [0.4, 0.5) is 5.82 Å². The molecule has 1 heterocycles. The Morgan fingerprint density at radius 2 is 1.95 bits per heavy atom. The number of nitrogen functional groups attached to an aromatic ring is 1. The van der Waals surface area contributed by atoms with Gasteiger partial charge in [-0.25, -0.2) is 0 Å². The number of nitriles is 1. The lowest BCUT2D eigenvalue weighted by Gasteiger charge is -2.12. The van der Waals surface area contributed by atoms with Crippen molar-refractivity contribution in [3.8, 4) is 23.1 Å². The van der Waals surface area contributed by atoms with Gasteiger partial charge in [-0.3, -0.25) is 0 Å². The van der Waals surface area contributed by atoms with E-state index in [1.54, 1.807) is 25.3 Å². The number of ether oxygens (including phenoxy) is 1. The Morgan fingerprint density at radius 3 is 2.58 bits per heavy atom. The molecule has 0 aliphatic rings. The first-order chi connectivity index (χ1) is 9.08. The van der Waals surface area contributed by atoms with E-state index in [-0.39, 0.29) is 0 Å². The van der Waals surface area contributed by atoms with Crippen LogP contribution < -0.4 is 10.5 Å². The minimum Gasteiger partial charge on any atom is -0.496 e. The maximum atomic E-state index is 8.99. The molecule has 2 rings (SSSR count). The average Bonchev–Trinajstić information content (AvgIpc) is 2.44. The lowest BCUT2D eigenvalue weighted by Crippen LogP contribution is -2.03. The van der Waals surface area contributed by atoms with Gasteiger partial charge in [0.1, 0.15) is 17.3 Å². The molecule has 0 spiro atoms. The Bertz CT molecular complexity index is 674. The molecular formula is C14H14N4O. The van der Waals surface area contributed by atoms with Crippen LogP contribution in [-0.4, -0.2) is 17.3 Å². The van der Waals surface area contributed by atoms with Crippen molar-refractivity contribution in [2.75, 3.05) is 12.8 Å². The van der Waals surface area contributed by atoms with E-state index in [4.69, 9.17) is 15.7 Å². The van der Waals surface area contributed by atoms with E-state index in [2.05, 4.69) is 16.3 Å². The fourth-order valence-corrected chi connectivity index (χ4v) is 1.84. The molecule has 0 amide bonds. The number of hydrogen-bond donors (Lipinski definition) is 1. The Kier molecular flexibility index (Phi) is 3.34. The number of rotatable bonds is 2. The van der Waals surface area contributed by atoms with Crippen LogP contribution >= 0.6 is 0 Å². The molecule has 0 atom stereocenters. The summed E-state index contributed by atoms with van der Waals surface area (Å²) in [4.78, 5) is 0. The summed E-state index contributed by atoms with van der Waals surface area (Å²) in [5.74, 6) is 1.07.